The first kappa shape index (κ1) is 8.77. The van der Waals surface area contributed by atoms with E-state index in [0.717, 1.165) is 5.69 Å². The third-order valence-corrected chi connectivity index (χ3v) is 1.91. The lowest BCUT2D eigenvalue weighted by molar-refractivity contribution is 0.101. The van der Waals surface area contributed by atoms with Gasteiger partial charge in [0.15, 0.2) is 5.78 Å². The number of ketones is 1. The zero-order chi connectivity index (χ0) is 9.30. The van der Waals surface area contributed by atoms with Crippen molar-refractivity contribution in [3.8, 4) is 0 Å². The van der Waals surface area contributed by atoms with Gasteiger partial charge in [0.1, 0.15) is 5.69 Å². The van der Waals surface area contributed by atoms with Crippen LogP contribution >= 0.6 is 0 Å². The van der Waals surface area contributed by atoms with Crippen LogP contribution in [0.15, 0.2) is 4.79 Å². The Morgan fingerprint density at radius 3 is 2.42 bits per heavy atom. The van der Waals surface area contributed by atoms with E-state index in [0.29, 0.717) is 12.2 Å². The zero-order valence-electron chi connectivity index (χ0n) is 7.47. The minimum atomic E-state index is -0.208. The Hall–Kier alpha value is -1.32. The molecule has 66 valence electrons. The van der Waals surface area contributed by atoms with Crippen molar-refractivity contribution in [1.82, 2.24) is 9.55 Å². The van der Waals surface area contributed by atoms with E-state index in [2.05, 4.69) is 4.98 Å². The molecule has 4 heteroatoms. The number of aromatic amines is 1. The lowest BCUT2D eigenvalue weighted by atomic mass is 10.2. The van der Waals surface area contributed by atoms with E-state index in [4.69, 9.17) is 0 Å². The van der Waals surface area contributed by atoms with Gasteiger partial charge in [-0.05, 0) is 13.8 Å². The Bertz CT molecular complexity index is 360. The summed E-state index contributed by atoms with van der Waals surface area (Å²) in [4.78, 5) is 24.6. The number of nitrogens with zero attached hydrogens (tertiary/aromatic N) is 1. The molecule has 1 aromatic rings. The van der Waals surface area contributed by atoms with Crippen molar-refractivity contribution in [3.05, 3.63) is 21.9 Å². The molecule has 0 saturated carbocycles. The summed E-state index contributed by atoms with van der Waals surface area (Å²) in [5.74, 6) is -0.100. The first-order valence-electron chi connectivity index (χ1n) is 3.88. The molecule has 12 heavy (non-hydrogen) atoms. The molecular weight excluding hydrogens is 156 g/mol. The van der Waals surface area contributed by atoms with Gasteiger partial charge in [0.05, 0.1) is 0 Å². The van der Waals surface area contributed by atoms with Crippen LogP contribution in [0, 0.1) is 6.92 Å². The first-order valence-corrected chi connectivity index (χ1v) is 3.88. The fourth-order valence-corrected chi connectivity index (χ4v) is 1.28. The van der Waals surface area contributed by atoms with Gasteiger partial charge in [-0.1, -0.05) is 0 Å². The number of H-pyrrole nitrogens is 1. The predicted octanol–water partition coefficient (Wildman–Crippen LogP) is 0.707. The number of rotatable bonds is 2. The number of carbonyl (C=O) groups is 1. The summed E-state index contributed by atoms with van der Waals surface area (Å²) in [5.41, 5.74) is 0.928. The van der Waals surface area contributed by atoms with Crippen LogP contribution in [0.25, 0.3) is 0 Å². The fourth-order valence-electron chi connectivity index (χ4n) is 1.28. The summed E-state index contributed by atoms with van der Waals surface area (Å²) in [6, 6.07) is 0. The van der Waals surface area contributed by atoms with Crippen molar-refractivity contribution in [2.75, 3.05) is 0 Å². The lowest BCUT2D eigenvalue weighted by Gasteiger charge is -1.97. The highest BCUT2D eigenvalue weighted by molar-refractivity contribution is 5.93. The van der Waals surface area contributed by atoms with Crippen LogP contribution in [0.2, 0.25) is 0 Å². The smallest absolute Gasteiger partial charge is 0.303 e. The molecule has 0 saturated heterocycles. The van der Waals surface area contributed by atoms with Crippen molar-refractivity contribution in [3.63, 3.8) is 0 Å². The minimum absolute atomic E-state index is 0.100. The number of nitrogens with one attached hydrogen (secondary N) is 1. The maximum absolute atomic E-state index is 11.2. The second-order valence-electron chi connectivity index (χ2n) is 2.69. The van der Waals surface area contributed by atoms with Crippen molar-refractivity contribution >= 4 is 5.78 Å². The van der Waals surface area contributed by atoms with Crippen LogP contribution in [0.3, 0.4) is 0 Å². The van der Waals surface area contributed by atoms with Crippen LogP contribution in [-0.2, 0) is 6.54 Å². The van der Waals surface area contributed by atoms with Gasteiger partial charge >= 0.3 is 5.69 Å². The molecule has 0 aliphatic rings. The van der Waals surface area contributed by atoms with E-state index in [1.807, 2.05) is 6.92 Å². The largest absolute Gasteiger partial charge is 0.326 e. The average Bonchev–Trinajstić information content (AvgIpc) is 2.27. The fraction of sp³-hybridized carbons (Fsp3) is 0.500. The topological polar surface area (TPSA) is 54.9 Å². The molecule has 1 heterocycles. The molecule has 0 unspecified atom stereocenters. The second kappa shape index (κ2) is 2.97. The summed E-state index contributed by atoms with van der Waals surface area (Å²) in [6.45, 7) is 5.66. The van der Waals surface area contributed by atoms with Crippen molar-refractivity contribution < 1.29 is 4.79 Å². The van der Waals surface area contributed by atoms with Crippen LogP contribution in [0.4, 0.5) is 0 Å². The number of hydrogen-bond donors (Lipinski definition) is 1. The highest BCUT2D eigenvalue weighted by Gasteiger charge is 2.11. The van der Waals surface area contributed by atoms with E-state index >= 15 is 0 Å². The third-order valence-electron chi connectivity index (χ3n) is 1.91. The van der Waals surface area contributed by atoms with E-state index in [1.165, 1.54) is 11.5 Å². The summed E-state index contributed by atoms with van der Waals surface area (Å²) >= 11 is 0. The van der Waals surface area contributed by atoms with Crippen LogP contribution < -0.4 is 5.69 Å². The normalized spacial score (nSPS) is 10.2. The molecule has 0 atom stereocenters. The summed E-state index contributed by atoms with van der Waals surface area (Å²) < 4.78 is 1.54. The number of imidazole rings is 1. The SMILES string of the molecule is CCn1c(C)c(C(C)=O)[nH]c1=O. The van der Waals surface area contributed by atoms with Gasteiger partial charge in [0, 0.05) is 19.2 Å². The molecule has 0 spiro atoms. The third kappa shape index (κ3) is 1.20. The molecule has 0 bridgehead atoms. The van der Waals surface area contributed by atoms with Gasteiger partial charge in [-0.25, -0.2) is 4.79 Å². The summed E-state index contributed by atoms with van der Waals surface area (Å²) in [6.07, 6.45) is 0. The van der Waals surface area contributed by atoms with Crippen molar-refractivity contribution in [1.29, 1.82) is 0 Å². The van der Waals surface area contributed by atoms with E-state index in [1.54, 1.807) is 6.92 Å². The van der Waals surface area contributed by atoms with Crippen LogP contribution in [0.1, 0.15) is 30.0 Å². The maximum atomic E-state index is 11.2. The second-order valence-corrected chi connectivity index (χ2v) is 2.69. The minimum Gasteiger partial charge on any atom is -0.303 e. The van der Waals surface area contributed by atoms with Gasteiger partial charge in [0.2, 0.25) is 0 Å². The van der Waals surface area contributed by atoms with Crippen LogP contribution in [0.5, 0.6) is 0 Å². The van der Waals surface area contributed by atoms with E-state index in [9.17, 15) is 9.59 Å². The zero-order valence-corrected chi connectivity index (χ0v) is 7.47. The van der Waals surface area contributed by atoms with Gasteiger partial charge < -0.3 is 4.98 Å². The van der Waals surface area contributed by atoms with E-state index in [-0.39, 0.29) is 11.5 Å². The van der Waals surface area contributed by atoms with Gasteiger partial charge in [-0.15, -0.1) is 0 Å². The maximum Gasteiger partial charge on any atom is 0.326 e. The molecule has 0 aromatic carbocycles. The molecule has 0 amide bonds. The number of aromatic nitrogens is 2. The predicted molar refractivity (Wildman–Crippen MR) is 45.5 cm³/mol. The lowest BCUT2D eigenvalue weighted by Crippen LogP contribution is -2.16. The molecule has 0 radical (unpaired) electrons. The highest BCUT2D eigenvalue weighted by atomic mass is 16.2. The molecule has 1 N–H and O–H groups in total. The van der Waals surface area contributed by atoms with Gasteiger partial charge in [-0.2, -0.15) is 0 Å². The number of Topliss-reactive ketones (excluding diaryl/α,β-unsaturated/α-hetero) is 1. The Labute approximate surface area is 70.2 Å². The Morgan fingerprint density at radius 1 is 1.58 bits per heavy atom. The molecule has 0 aliphatic carbocycles. The molecule has 1 rings (SSSR count). The van der Waals surface area contributed by atoms with Gasteiger partial charge in [0.25, 0.3) is 0 Å². The Morgan fingerprint density at radius 2 is 2.17 bits per heavy atom. The quantitative estimate of drug-likeness (QED) is 0.661. The van der Waals surface area contributed by atoms with Gasteiger partial charge in [-0.3, -0.25) is 9.36 Å². The molecule has 0 aliphatic heterocycles. The molecule has 4 nitrogen and oxygen atoms in total. The number of hydrogen-bond acceptors (Lipinski definition) is 2. The Balaban J connectivity index is 3.36. The molecule has 1 aromatic heterocycles. The average molecular weight is 168 g/mol. The van der Waals surface area contributed by atoms with E-state index < -0.39 is 0 Å². The summed E-state index contributed by atoms with van der Waals surface area (Å²) in [5, 5.41) is 0. The first-order chi connectivity index (χ1) is 5.57. The number of carbonyl (C=O) groups excluding carboxylic acids is 1. The monoisotopic (exact) mass is 168 g/mol. The molecule has 0 fully saturated rings. The molecular formula is C8H12N2O2. The van der Waals surface area contributed by atoms with Crippen molar-refractivity contribution in [2.45, 2.75) is 27.3 Å². The highest BCUT2D eigenvalue weighted by Crippen LogP contribution is 2.02. The van der Waals surface area contributed by atoms with Crippen molar-refractivity contribution in [2.24, 2.45) is 0 Å². The van der Waals surface area contributed by atoms with Crippen LogP contribution in [-0.4, -0.2) is 15.3 Å². The standard InChI is InChI=1S/C8H12N2O2/c1-4-10-5(2)7(6(3)11)9-8(10)12/h4H2,1-3H3,(H,9,12). The summed E-state index contributed by atoms with van der Waals surface area (Å²) in [7, 11) is 0. The Kier molecular flexibility index (Phi) is 2.17.